The second kappa shape index (κ2) is 8.25. The number of aliphatic carboxylic acids is 1. The number of halogens is 1. The molecule has 0 radical (unpaired) electrons. The van der Waals surface area contributed by atoms with Gasteiger partial charge in [0.05, 0.1) is 6.54 Å². The first-order valence-electron chi connectivity index (χ1n) is 6.80. The van der Waals surface area contributed by atoms with Crippen molar-refractivity contribution < 1.29 is 9.90 Å². The first-order chi connectivity index (χ1) is 9.43. The Morgan fingerprint density at radius 1 is 1.35 bits per heavy atom. The predicted molar refractivity (Wildman–Crippen MR) is 82.2 cm³/mol. The van der Waals surface area contributed by atoms with Crippen LogP contribution in [0.1, 0.15) is 24.9 Å². The predicted octanol–water partition coefficient (Wildman–Crippen LogP) is 2.74. The monoisotopic (exact) mass is 298 g/mol. The lowest BCUT2D eigenvalue weighted by Gasteiger charge is -2.31. The Morgan fingerprint density at radius 2 is 2.05 bits per heavy atom. The molecule has 0 heterocycles. The molecule has 20 heavy (non-hydrogen) atoms. The highest BCUT2D eigenvalue weighted by atomic mass is 35.5. The van der Waals surface area contributed by atoms with Gasteiger partial charge in [-0.1, -0.05) is 30.7 Å². The van der Waals surface area contributed by atoms with Crippen molar-refractivity contribution in [1.82, 2.24) is 9.80 Å². The maximum absolute atomic E-state index is 11.1. The number of carboxylic acids is 1. The van der Waals surface area contributed by atoms with E-state index in [2.05, 4.69) is 11.8 Å². The van der Waals surface area contributed by atoms with Crippen molar-refractivity contribution in [3.05, 3.63) is 34.9 Å². The summed E-state index contributed by atoms with van der Waals surface area (Å²) in [4.78, 5) is 15.1. The van der Waals surface area contributed by atoms with Gasteiger partial charge < -0.3 is 10.0 Å². The largest absolute Gasteiger partial charge is 0.480 e. The molecule has 0 amide bonds. The molecule has 1 N–H and O–H groups in total. The van der Waals surface area contributed by atoms with Gasteiger partial charge in [0, 0.05) is 24.2 Å². The van der Waals surface area contributed by atoms with Crippen LogP contribution in [-0.2, 0) is 4.79 Å². The molecule has 112 valence electrons. The standard InChI is InChI=1S/C15H23ClN2O2/c1-4-14(12-6-5-7-13(16)10-12)18(11-15(19)20)9-8-17(2)3/h5-7,10,14H,4,8-9,11H2,1-3H3,(H,19,20). The molecule has 1 atom stereocenters. The fraction of sp³-hybridized carbons (Fsp3) is 0.533. The molecule has 1 rings (SSSR count). The third kappa shape index (κ3) is 5.49. The summed E-state index contributed by atoms with van der Waals surface area (Å²) >= 11 is 6.04. The second-order valence-corrected chi connectivity index (χ2v) is 5.58. The Morgan fingerprint density at radius 3 is 2.55 bits per heavy atom. The van der Waals surface area contributed by atoms with E-state index in [9.17, 15) is 4.79 Å². The van der Waals surface area contributed by atoms with Gasteiger partial charge in [-0.25, -0.2) is 0 Å². The molecular formula is C15H23ClN2O2. The zero-order valence-electron chi connectivity index (χ0n) is 12.3. The van der Waals surface area contributed by atoms with E-state index in [1.54, 1.807) is 0 Å². The molecule has 0 saturated carbocycles. The minimum Gasteiger partial charge on any atom is -0.480 e. The molecule has 0 spiro atoms. The summed E-state index contributed by atoms with van der Waals surface area (Å²) in [7, 11) is 3.97. The average Bonchev–Trinajstić information content (AvgIpc) is 2.36. The van der Waals surface area contributed by atoms with Gasteiger partial charge in [-0.05, 0) is 38.2 Å². The van der Waals surface area contributed by atoms with Crippen molar-refractivity contribution in [2.75, 3.05) is 33.7 Å². The molecule has 1 unspecified atom stereocenters. The fourth-order valence-electron chi connectivity index (χ4n) is 2.27. The van der Waals surface area contributed by atoms with Crippen LogP contribution >= 0.6 is 11.6 Å². The molecule has 5 heteroatoms. The van der Waals surface area contributed by atoms with Crippen LogP contribution < -0.4 is 0 Å². The lowest BCUT2D eigenvalue weighted by Crippen LogP contribution is -2.38. The van der Waals surface area contributed by atoms with Crippen molar-refractivity contribution in [3.63, 3.8) is 0 Å². The molecular weight excluding hydrogens is 276 g/mol. The summed E-state index contributed by atoms with van der Waals surface area (Å²) in [5.74, 6) is -0.802. The third-order valence-corrected chi connectivity index (χ3v) is 3.47. The van der Waals surface area contributed by atoms with Gasteiger partial charge in [0.1, 0.15) is 0 Å². The van der Waals surface area contributed by atoms with Crippen LogP contribution in [0.2, 0.25) is 5.02 Å². The van der Waals surface area contributed by atoms with Crippen molar-refractivity contribution in [2.24, 2.45) is 0 Å². The van der Waals surface area contributed by atoms with Crippen LogP contribution in [0.15, 0.2) is 24.3 Å². The highest BCUT2D eigenvalue weighted by Crippen LogP contribution is 2.26. The van der Waals surface area contributed by atoms with E-state index in [1.807, 2.05) is 43.3 Å². The van der Waals surface area contributed by atoms with Crippen molar-refractivity contribution >= 4 is 17.6 Å². The molecule has 0 aliphatic heterocycles. The number of likely N-dealkylation sites (N-methyl/N-ethyl adjacent to an activating group) is 1. The zero-order chi connectivity index (χ0) is 15.1. The fourth-order valence-corrected chi connectivity index (χ4v) is 2.46. The van der Waals surface area contributed by atoms with Crippen LogP contribution in [0.3, 0.4) is 0 Å². The first kappa shape index (κ1) is 17.0. The molecule has 0 saturated heterocycles. The number of hydrogen-bond acceptors (Lipinski definition) is 3. The zero-order valence-corrected chi connectivity index (χ0v) is 13.1. The van der Waals surface area contributed by atoms with E-state index in [-0.39, 0.29) is 12.6 Å². The molecule has 4 nitrogen and oxygen atoms in total. The van der Waals surface area contributed by atoms with Crippen molar-refractivity contribution in [1.29, 1.82) is 0 Å². The highest BCUT2D eigenvalue weighted by Gasteiger charge is 2.21. The van der Waals surface area contributed by atoms with E-state index < -0.39 is 5.97 Å². The first-order valence-corrected chi connectivity index (χ1v) is 7.17. The molecule has 1 aromatic rings. The third-order valence-electron chi connectivity index (χ3n) is 3.23. The number of hydrogen-bond donors (Lipinski definition) is 1. The van der Waals surface area contributed by atoms with E-state index >= 15 is 0 Å². The number of nitrogens with zero attached hydrogens (tertiary/aromatic N) is 2. The Bertz CT molecular complexity index is 438. The molecule has 0 bridgehead atoms. The SMILES string of the molecule is CCC(c1cccc(Cl)c1)N(CCN(C)C)CC(=O)O. The number of carboxylic acid groups (broad SMARTS) is 1. The van der Waals surface area contributed by atoms with E-state index in [4.69, 9.17) is 16.7 Å². The summed E-state index contributed by atoms with van der Waals surface area (Å²) in [6, 6.07) is 7.74. The number of rotatable bonds is 8. The Labute approximate surface area is 125 Å². The van der Waals surface area contributed by atoms with Crippen LogP contribution in [0.4, 0.5) is 0 Å². The maximum atomic E-state index is 11.1. The molecule has 0 aromatic heterocycles. The molecule has 0 fully saturated rings. The molecule has 1 aromatic carbocycles. The lowest BCUT2D eigenvalue weighted by atomic mass is 10.0. The highest BCUT2D eigenvalue weighted by molar-refractivity contribution is 6.30. The minimum atomic E-state index is -0.802. The Kier molecular flexibility index (Phi) is 6.99. The molecule has 0 aliphatic rings. The smallest absolute Gasteiger partial charge is 0.317 e. The number of benzene rings is 1. The quantitative estimate of drug-likeness (QED) is 0.801. The van der Waals surface area contributed by atoms with Crippen LogP contribution in [0.5, 0.6) is 0 Å². The van der Waals surface area contributed by atoms with Gasteiger partial charge in [0.15, 0.2) is 0 Å². The van der Waals surface area contributed by atoms with Gasteiger partial charge in [0.25, 0.3) is 0 Å². The maximum Gasteiger partial charge on any atom is 0.317 e. The Balaban J connectivity index is 2.91. The van der Waals surface area contributed by atoms with E-state index in [0.29, 0.717) is 11.6 Å². The normalized spacial score (nSPS) is 12.9. The van der Waals surface area contributed by atoms with Crippen LogP contribution in [0.25, 0.3) is 0 Å². The summed E-state index contributed by atoms with van der Waals surface area (Å²) in [6.45, 7) is 3.64. The van der Waals surface area contributed by atoms with Crippen LogP contribution in [-0.4, -0.2) is 54.6 Å². The topological polar surface area (TPSA) is 43.8 Å². The van der Waals surface area contributed by atoms with E-state index in [1.165, 1.54) is 0 Å². The molecule has 0 aliphatic carbocycles. The summed E-state index contributed by atoms with van der Waals surface area (Å²) in [5, 5.41) is 9.80. The van der Waals surface area contributed by atoms with Crippen molar-refractivity contribution in [3.8, 4) is 0 Å². The Hall–Kier alpha value is -1.10. The minimum absolute atomic E-state index is 0.0405. The van der Waals surface area contributed by atoms with Gasteiger partial charge >= 0.3 is 5.97 Å². The number of carbonyl (C=O) groups is 1. The lowest BCUT2D eigenvalue weighted by molar-refractivity contribution is -0.139. The van der Waals surface area contributed by atoms with Gasteiger partial charge in [0.2, 0.25) is 0 Å². The summed E-state index contributed by atoms with van der Waals surface area (Å²) < 4.78 is 0. The average molecular weight is 299 g/mol. The van der Waals surface area contributed by atoms with Crippen molar-refractivity contribution in [2.45, 2.75) is 19.4 Å². The summed E-state index contributed by atoms with van der Waals surface area (Å²) in [5.41, 5.74) is 1.07. The second-order valence-electron chi connectivity index (χ2n) is 5.15. The van der Waals surface area contributed by atoms with Gasteiger partial charge in [-0.3, -0.25) is 9.69 Å². The van der Waals surface area contributed by atoms with Gasteiger partial charge in [-0.15, -0.1) is 0 Å². The summed E-state index contributed by atoms with van der Waals surface area (Å²) in [6.07, 6.45) is 0.848. The van der Waals surface area contributed by atoms with Gasteiger partial charge in [-0.2, -0.15) is 0 Å². The van der Waals surface area contributed by atoms with Crippen LogP contribution in [0, 0.1) is 0 Å². The van der Waals surface area contributed by atoms with E-state index in [0.717, 1.165) is 18.5 Å².